The van der Waals surface area contributed by atoms with Crippen molar-refractivity contribution < 1.29 is 14.6 Å². The van der Waals surface area contributed by atoms with Gasteiger partial charge in [0.05, 0.1) is 30.9 Å². The monoisotopic (exact) mass is 462 g/mol. The lowest BCUT2D eigenvalue weighted by Gasteiger charge is -2.21. The summed E-state index contributed by atoms with van der Waals surface area (Å²) < 4.78 is 7.88. The van der Waals surface area contributed by atoms with Gasteiger partial charge < -0.3 is 24.0 Å². The van der Waals surface area contributed by atoms with E-state index >= 15 is 0 Å². The van der Waals surface area contributed by atoms with E-state index in [1.807, 2.05) is 24.3 Å². The molecule has 0 spiro atoms. The summed E-state index contributed by atoms with van der Waals surface area (Å²) in [6.45, 7) is 2.06. The number of aromatic amines is 1. The second-order valence-electron chi connectivity index (χ2n) is 8.22. The smallest absolute Gasteiger partial charge is 0.306 e. The van der Waals surface area contributed by atoms with Crippen molar-refractivity contribution in [3.8, 4) is 5.75 Å². The molecule has 0 amide bonds. The molecule has 0 radical (unpaired) electrons. The van der Waals surface area contributed by atoms with Crippen LogP contribution in [0.4, 0.5) is 0 Å². The SMILES string of the molecule is COC(=O)C[C@@H](c1c(O)cc(C)n(CCc2cnc[nH]2)c1=O)c1cc2ccccc2n(C)c1=O. The lowest BCUT2D eigenvalue weighted by molar-refractivity contribution is -0.140. The number of imidazole rings is 1. The summed E-state index contributed by atoms with van der Waals surface area (Å²) in [6, 6.07) is 10.5. The lowest BCUT2D eigenvalue weighted by atomic mass is 9.88. The molecule has 9 heteroatoms. The van der Waals surface area contributed by atoms with E-state index in [4.69, 9.17) is 4.74 Å². The van der Waals surface area contributed by atoms with Crippen molar-refractivity contribution in [3.05, 3.63) is 92.1 Å². The van der Waals surface area contributed by atoms with Crippen LogP contribution in [0.1, 0.15) is 34.9 Å². The number of benzene rings is 1. The Morgan fingerprint density at radius 2 is 1.97 bits per heavy atom. The molecule has 4 rings (SSSR count). The normalized spacial score (nSPS) is 12.1. The molecule has 2 N–H and O–H groups in total. The number of hydrogen-bond donors (Lipinski definition) is 2. The van der Waals surface area contributed by atoms with Gasteiger partial charge in [0.15, 0.2) is 0 Å². The number of aromatic hydroxyl groups is 1. The minimum Gasteiger partial charge on any atom is -0.507 e. The van der Waals surface area contributed by atoms with Crippen molar-refractivity contribution in [2.45, 2.75) is 32.2 Å². The number of hydrogen-bond acceptors (Lipinski definition) is 6. The average molecular weight is 463 g/mol. The van der Waals surface area contributed by atoms with E-state index in [-0.39, 0.29) is 28.9 Å². The molecule has 9 nitrogen and oxygen atoms in total. The van der Waals surface area contributed by atoms with E-state index in [1.165, 1.54) is 22.3 Å². The molecule has 0 saturated carbocycles. The summed E-state index contributed by atoms with van der Waals surface area (Å²) >= 11 is 0. The number of methoxy groups -OCH3 is 1. The van der Waals surface area contributed by atoms with E-state index in [0.29, 0.717) is 18.7 Å². The third-order valence-electron chi connectivity index (χ3n) is 6.17. The van der Waals surface area contributed by atoms with Crippen molar-refractivity contribution in [1.29, 1.82) is 0 Å². The van der Waals surface area contributed by atoms with Crippen LogP contribution in [-0.2, 0) is 29.5 Å². The Kier molecular flexibility index (Phi) is 6.36. The molecule has 3 aromatic heterocycles. The molecule has 0 aliphatic heterocycles. The van der Waals surface area contributed by atoms with Crippen molar-refractivity contribution in [1.82, 2.24) is 19.1 Å². The highest BCUT2D eigenvalue weighted by Crippen LogP contribution is 2.32. The highest BCUT2D eigenvalue weighted by molar-refractivity contribution is 5.80. The summed E-state index contributed by atoms with van der Waals surface area (Å²) in [7, 11) is 2.89. The third kappa shape index (κ3) is 4.24. The van der Waals surface area contributed by atoms with Gasteiger partial charge in [-0.15, -0.1) is 0 Å². The number of esters is 1. The second kappa shape index (κ2) is 9.38. The van der Waals surface area contributed by atoms with Gasteiger partial charge in [-0.3, -0.25) is 14.4 Å². The van der Waals surface area contributed by atoms with E-state index in [0.717, 1.165) is 16.6 Å². The van der Waals surface area contributed by atoms with Gasteiger partial charge in [-0.25, -0.2) is 4.98 Å². The minimum absolute atomic E-state index is 0.00649. The van der Waals surface area contributed by atoms with Gasteiger partial charge in [0.25, 0.3) is 11.1 Å². The zero-order valence-corrected chi connectivity index (χ0v) is 19.2. The number of rotatable bonds is 7. The quantitative estimate of drug-likeness (QED) is 0.407. The summed E-state index contributed by atoms with van der Waals surface area (Å²) in [5, 5.41) is 11.6. The van der Waals surface area contributed by atoms with Crippen LogP contribution in [0.25, 0.3) is 10.9 Å². The number of carbonyl (C=O) groups is 1. The van der Waals surface area contributed by atoms with Crippen molar-refractivity contribution in [3.63, 3.8) is 0 Å². The first kappa shape index (κ1) is 23.0. The summed E-state index contributed by atoms with van der Waals surface area (Å²) in [6.07, 6.45) is 3.50. The van der Waals surface area contributed by atoms with Gasteiger partial charge in [0.2, 0.25) is 0 Å². The molecule has 0 aliphatic rings. The maximum atomic E-state index is 13.6. The first-order chi connectivity index (χ1) is 16.3. The Balaban J connectivity index is 1.90. The second-order valence-corrected chi connectivity index (χ2v) is 8.22. The Bertz CT molecular complexity index is 1470. The largest absolute Gasteiger partial charge is 0.507 e. The molecule has 0 unspecified atom stereocenters. The Morgan fingerprint density at radius 1 is 1.21 bits per heavy atom. The molecule has 1 aromatic carbocycles. The Hall–Kier alpha value is -4.14. The van der Waals surface area contributed by atoms with Gasteiger partial charge in [-0.1, -0.05) is 18.2 Å². The topological polar surface area (TPSA) is 119 Å². The molecule has 0 bridgehead atoms. The number of pyridine rings is 2. The summed E-state index contributed by atoms with van der Waals surface area (Å²) in [5.41, 5.74) is 1.57. The lowest BCUT2D eigenvalue weighted by Crippen LogP contribution is -2.32. The van der Waals surface area contributed by atoms with Gasteiger partial charge in [-0.2, -0.15) is 0 Å². The van der Waals surface area contributed by atoms with Crippen LogP contribution in [-0.4, -0.2) is 37.3 Å². The van der Waals surface area contributed by atoms with Crippen LogP contribution in [0.15, 0.2) is 58.5 Å². The fraction of sp³-hybridized carbons (Fsp3) is 0.280. The average Bonchev–Trinajstić information content (AvgIpc) is 3.34. The third-order valence-corrected chi connectivity index (χ3v) is 6.17. The highest BCUT2D eigenvalue weighted by Gasteiger charge is 2.29. The predicted octanol–water partition coefficient (Wildman–Crippen LogP) is 2.38. The molecule has 34 heavy (non-hydrogen) atoms. The summed E-state index contributed by atoms with van der Waals surface area (Å²) in [4.78, 5) is 46.3. The molecular weight excluding hydrogens is 436 g/mol. The van der Waals surface area contributed by atoms with Gasteiger partial charge in [-0.05, 0) is 30.5 Å². The number of aromatic nitrogens is 4. The van der Waals surface area contributed by atoms with Crippen LogP contribution < -0.4 is 11.1 Å². The first-order valence-electron chi connectivity index (χ1n) is 10.9. The molecule has 1 atom stereocenters. The number of nitrogens with zero attached hydrogens (tertiary/aromatic N) is 3. The molecular formula is C25H26N4O5. The maximum Gasteiger partial charge on any atom is 0.306 e. The number of para-hydroxylation sites is 1. The van der Waals surface area contributed by atoms with Gasteiger partial charge in [0, 0.05) is 49.1 Å². The van der Waals surface area contributed by atoms with E-state index in [2.05, 4.69) is 9.97 Å². The van der Waals surface area contributed by atoms with E-state index < -0.39 is 17.4 Å². The number of fused-ring (bicyclic) bond motifs is 1. The minimum atomic E-state index is -0.984. The number of H-pyrrole nitrogens is 1. The van der Waals surface area contributed by atoms with Crippen molar-refractivity contribution in [2.24, 2.45) is 7.05 Å². The van der Waals surface area contributed by atoms with Crippen LogP contribution in [0.3, 0.4) is 0 Å². The van der Waals surface area contributed by atoms with Gasteiger partial charge in [0.1, 0.15) is 5.75 Å². The molecule has 0 aliphatic carbocycles. The first-order valence-corrected chi connectivity index (χ1v) is 10.9. The van der Waals surface area contributed by atoms with E-state index in [1.54, 1.807) is 32.6 Å². The highest BCUT2D eigenvalue weighted by atomic mass is 16.5. The van der Waals surface area contributed by atoms with Crippen molar-refractivity contribution >= 4 is 16.9 Å². The van der Waals surface area contributed by atoms with E-state index in [9.17, 15) is 19.5 Å². The molecule has 0 fully saturated rings. The van der Waals surface area contributed by atoms with Crippen LogP contribution in [0.2, 0.25) is 0 Å². The fourth-order valence-electron chi connectivity index (χ4n) is 4.34. The number of aryl methyl sites for hydroxylation is 3. The fourth-order valence-corrected chi connectivity index (χ4v) is 4.34. The summed E-state index contributed by atoms with van der Waals surface area (Å²) in [5.74, 6) is -1.84. The zero-order valence-electron chi connectivity index (χ0n) is 19.2. The van der Waals surface area contributed by atoms with Gasteiger partial charge >= 0.3 is 5.97 Å². The predicted molar refractivity (Wildman–Crippen MR) is 127 cm³/mol. The number of ether oxygens (including phenoxy) is 1. The number of nitrogens with one attached hydrogen (secondary N) is 1. The number of carbonyl (C=O) groups excluding carboxylic acids is 1. The van der Waals surface area contributed by atoms with Crippen LogP contribution in [0.5, 0.6) is 5.75 Å². The molecule has 176 valence electrons. The van der Waals surface area contributed by atoms with Crippen LogP contribution >= 0.6 is 0 Å². The standard InChI is InChI=1S/C25H26N4O5/c1-15-10-21(30)23(25(33)29(15)9-8-17-13-26-14-27-17)18(12-22(31)34-3)19-11-16-6-4-5-7-20(16)28(2)24(19)32/h4-7,10-11,13-14,18,30H,8-9,12H2,1-3H3,(H,26,27)/t18-/m1/s1. The zero-order chi connectivity index (χ0) is 24.4. The van der Waals surface area contributed by atoms with Crippen LogP contribution in [0, 0.1) is 6.92 Å². The molecule has 0 saturated heterocycles. The Labute approximate surface area is 195 Å². The molecule has 4 aromatic rings. The Morgan fingerprint density at radius 3 is 2.68 bits per heavy atom. The molecule has 3 heterocycles. The van der Waals surface area contributed by atoms with Crippen molar-refractivity contribution in [2.75, 3.05) is 7.11 Å². The maximum absolute atomic E-state index is 13.6.